The average Bonchev–Trinajstić information content (AvgIpc) is 2.87. The topological polar surface area (TPSA) is 42.8 Å². The van der Waals surface area contributed by atoms with Gasteiger partial charge in [0.05, 0.1) is 5.69 Å². The zero-order valence-electron chi connectivity index (χ0n) is 11.6. The first-order chi connectivity index (χ1) is 10.2. The highest BCUT2D eigenvalue weighted by atomic mass is 32.1. The molecule has 0 aliphatic rings. The van der Waals surface area contributed by atoms with Crippen molar-refractivity contribution in [3.63, 3.8) is 0 Å². The summed E-state index contributed by atoms with van der Waals surface area (Å²) in [5, 5.41) is 7.08. The first kappa shape index (κ1) is 13.6. The van der Waals surface area contributed by atoms with E-state index in [0.29, 0.717) is 11.4 Å². The smallest absolute Gasteiger partial charge is 0.199 e. The van der Waals surface area contributed by atoms with E-state index >= 15 is 0 Å². The molecule has 1 heterocycles. The highest BCUT2D eigenvalue weighted by Gasteiger charge is 2.09. The molecule has 21 heavy (non-hydrogen) atoms. The Morgan fingerprint density at radius 3 is 2.71 bits per heavy atom. The van der Waals surface area contributed by atoms with E-state index < -0.39 is 0 Å². The summed E-state index contributed by atoms with van der Waals surface area (Å²) in [4.78, 5) is 0. The standard InChI is InChI=1S/C16H15N3OS/c1-12-6-5-7-13(10-12)19-15(17-18-16(19)21)11-20-14-8-3-2-4-9-14/h2-10H,11H2,1H3,(H,18,21). The lowest BCUT2D eigenvalue weighted by molar-refractivity contribution is 0.293. The zero-order chi connectivity index (χ0) is 14.7. The zero-order valence-corrected chi connectivity index (χ0v) is 12.4. The predicted molar refractivity (Wildman–Crippen MR) is 84.3 cm³/mol. The number of hydrogen-bond acceptors (Lipinski definition) is 3. The molecular formula is C16H15N3OS. The van der Waals surface area contributed by atoms with Crippen molar-refractivity contribution in [3.8, 4) is 11.4 Å². The van der Waals surface area contributed by atoms with Gasteiger partial charge in [0.25, 0.3) is 0 Å². The minimum atomic E-state index is 0.352. The van der Waals surface area contributed by atoms with Gasteiger partial charge in [-0.05, 0) is 49.0 Å². The van der Waals surface area contributed by atoms with Crippen molar-refractivity contribution < 1.29 is 4.74 Å². The molecule has 0 amide bonds. The number of para-hydroxylation sites is 1. The Balaban J connectivity index is 1.89. The molecule has 0 aliphatic heterocycles. The van der Waals surface area contributed by atoms with Crippen molar-refractivity contribution in [2.24, 2.45) is 0 Å². The number of aromatic amines is 1. The molecule has 0 unspecified atom stereocenters. The summed E-state index contributed by atoms with van der Waals surface area (Å²) >= 11 is 5.32. The number of nitrogens with zero attached hydrogens (tertiary/aromatic N) is 2. The minimum absolute atomic E-state index is 0.352. The summed E-state index contributed by atoms with van der Waals surface area (Å²) < 4.78 is 8.20. The highest BCUT2D eigenvalue weighted by Crippen LogP contribution is 2.15. The monoisotopic (exact) mass is 297 g/mol. The Morgan fingerprint density at radius 1 is 1.14 bits per heavy atom. The van der Waals surface area contributed by atoms with E-state index in [9.17, 15) is 0 Å². The van der Waals surface area contributed by atoms with E-state index in [4.69, 9.17) is 17.0 Å². The van der Waals surface area contributed by atoms with Gasteiger partial charge in [-0.3, -0.25) is 9.67 Å². The van der Waals surface area contributed by atoms with Crippen LogP contribution in [0.2, 0.25) is 0 Å². The van der Waals surface area contributed by atoms with Crippen molar-refractivity contribution in [3.05, 3.63) is 70.8 Å². The number of aryl methyl sites for hydroxylation is 1. The van der Waals surface area contributed by atoms with Crippen molar-refractivity contribution in [1.82, 2.24) is 14.8 Å². The molecule has 5 heteroatoms. The maximum atomic E-state index is 5.75. The van der Waals surface area contributed by atoms with Crippen molar-refractivity contribution >= 4 is 12.2 Å². The van der Waals surface area contributed by atoms with E-state index in [1.807, 2.05) is 60.0 Å². The SMILES string of the molecule is Cc1cccc(-n2c(COc3ccccc3)n[nH]c2=S)c1. The van der Waals surface area contributed by atoms with Gasteiger partial charge in [-0.1, -0.05) is 30.3 Å². The van der Waals surface area contributed by atoms with Crippen molar-refractivity contribution in [2.75, 3.05) is 0 Å². The predicted octanol–water partition coefficient (Wildman–Crippen LogP) is 3.82. The Hall–Kier alpha value is -2.40. The van der Waals surface area contributed by atoms with Gasteiger partial charge in [0, 0.05) is 0 Å². The van der Waals surface area contributed by atoms with Crippen LogP contribution in [0.5, 0.6) is 5.75 Å². The molecule has 106 valence electrons. The van der Waals surface area contributed by atoms with Gasteiger partial charge >= 0.3 is 0 Å². The molecule has 0 saturated heterocycles. The Labute approximate surface area is 128 Å². The van der Waals surface area contributed by atoms with E-state index in [1.54, 1.807) is 0 Å². The number of ether oxygens (including phenoxy) is 1. The molecule has 0 bridgehead atoms. The van der Waals surface area contributed by atoms with Gasteiger partial charge in [-0.25, -0.2) is 0 Å². The van der Waals surface area contributed by atoms with Crippen LogP contribution in [0.4, 0.5) is 0 Å². The largest absolute Gasteiger partial charge is 0.486 e. The second-order valence-corrected chi connectivity index (χ2v) is 5.11. The minimum Gasteiger partial charge on any atom is -0.486 e. The quantitative estimate of drug-likeness (QED) is 0.744. The van der Waals surface area contributed by atoms with Crippen LogP contribution in [0.25, 0.3) is 5.69 Å². The molecule has 0 aliphatic carbocycles. The average molecular weight is 297 g/mol. The molecule has 0 radical (unpaired) electrons. The molecule has 0 spiro atoms. The Kier molecular flexibility index (Phi) is 3.83. The maximum absolute atomic E-state index is 5.75. The summed E-state index contributed by atoms with van der Waals surface area (Å²) in [6.45, 7) is 2.40. The summed E-state index contributed by atoms with van der Waals surface area (Å²) in [6.07, 6.45) is 0. The molecule has 0 atom stereocenters. The van der Waals surface area contributed by atoms with E-state index in [-0.39, 0.29) is 0 Å². The van der Waals surface area contributed by atoms with Gasteiger partial charge < -0.3 is 4.74 Å². The lowest BCUT2D eigenvalue weighted by Gasteiger charge is -2.09. The van der Waals surface area contributed by atoms with Gasteiger partial charge in [0.15, 0.2) is 10.6 Å². The normalized spacial score (nSPS) is 10.5. The molecule has 1 aromatic heterocycles. The fourth-order valence-electron chi connectivity index (χ4n) is 2.12. The number of aromatic nitrogens is 3. The molecular weight excluding hydrogens is 282 g/mol. The lowest BCUT2D eigenvalue weighted by Crippen LogP contribution is -2.06. The third-order valence-corrected chi connectivity index (χ3v) is 3.39. The number of H-pyrrole nitrogens is 1. The molecule has 2 aromatic carbocycles. The number of nitrogens with one attached hydrogen (secondary N) is 1. The van der Waals surface area contributed by atoms with Gasteiger partial charge in [-0.15, -0.1) is 0 Å². The van der Waals surface area contributed by atoms with Crippen molar-refractivity contribution in [2.45, 2.75) is 13.5 Å². The Morgan fingerprint density at radius 2 is 1.95 bits per heavy atom. The number of rotatable bonds is 4. The summed E-state index contributed by atoms with van der Waals surface area (Å²) in [7, 11) is 0. The van der Waals surface area contributed by atoms with Crippen LogP contribution in [0.15, 0.2) is 54.6 Å². The van der Waals surface area contributed by atoms with E-state index in [2.05, 4.69) is 16.3 Å². The summed E-state index contributed by atoms with van der Waals surface area (Å²) in [6, 6.07) is 17.8. The summed E-state index contributed by atoms with van der Waals surface area (Å²) in [5.74, 6) is 1.55. The molecule has 3 rings (SSSR count). The number of benzene rings is 2. The first-order valence-corrected chi connectivity index (χ1v) is 7.06. The van der Waals surface area contributed by atoms with Gasteiger partial charge in [0.1, 0.15) is 12.4 Å². The second kappa shape index (κ2) is 5.93. The Bertz CT molecular complexity index is 793. The molecule has 0 fully saturated rings. The van der Waals surface area contributed by atoms with E-state index in [1.165, 1.54) is 5.56 Å². The molecule has 4 nitrogen and oxygen atoms in total. The third kappa shape index (κ3) is 3.03. The fraction of sp³-hybridized carbons (Fsp3) is 0.125. The van der Waals surface area contributed by atoms with Crippen LogP contribution in [0.3, 0.4) is 0 Å². The van der Waals surface area contributed by atoms with Crippen LogP contribution in [0, 0.1) is 11.7 Å². The second-order valence-electron chi connectivity index (χ2n) is 4.72. The van der Waals surface area contributed by atoms with Gasteiger partial charge in [0.2, 0.25) is 0 Å². The first-order valence-electron chi connectivity index (χ1n) is 6.65. The number of hydrogen-bond donors (Lipinski definition) is 1. The molecule has 3 aromatic rings. The maximum Gasteiger partial charge on any atom is 0.199 e. The van der Waals surface area contributed by atoms with Crippen molar-refractivity contribution in [1.29, 1.82) is 0 Å². The van der Waals surface area contributed by atoms with Crippen LogP contribution >= 0.6 is 12.2 Å². The van der Waals surface area contributed by atoms with Crippen LogP contribution < -0.4 is 4.74 Å². The van der Waals surface area contributed by atoms with Crippen LogP contribution in [-0.2, 0) is 6.61 Å². The highest BCUT2D eigenvalue weighted by molar-refractivity contribution is 7.71. The van der Waals surface area contributed by atoms with Crippen LogP contribution in [0.1, 0.15) is 11.4 Å². The van der Waals surface area contributed by atoms with Gasteiger partial charge in [-0.2, -0.15) is 5.10 Å². The third-order valence-electron chi connectivity index (χ3n) is 3.11. The van der Waals surface area contributed by atoms with Crippen LogP contribution in [-0.4, -0.2) is 14.8 Å². The fourth-order valence-corrected chi connectivity index (χ4v) is 2.38. The van der Waals surface area contributed by atoms with E-state index in [0.717, 1.165) is 17.3 Å². The lowest BCUT2D eigenvalue weighted by atomic mass is 10.2. The molecule has 0 saturated carbocycles. The summed E-state index contributed by atoms with van der Waals surface area (Å²) in [5.41, 5.74) is 2.16. The molecule has 1 N–H and O–H groups in total.